The van der Waals surface area contributed by atoms with Crippen molar-refractivity contribution < 1.29 is 9.59 Å². The largest absolute Gasteiger partial charge is 0.328 e. The Balaban J connectivity index is 1.79. The number of hydrogen-bond acceptors (Lipinski definition) is 3. The quantitative estimate of drug-likeness (QED) is 0.665. The lowest BCUT2D eigenvalue weighted by Gasteiger charge is -2.20. The second-order valence-electron chi connectivity index (χ2n) is 6.09. The fourth-order valence-electron chi connectivity index (χ4n) is 2.74. The van der Waals surface area contributed by atoms with E-state index in [2.05, 4.69) is 15.5 Å². The number of hydrogen-bond donors (Lipinski definition) is 2. The molecule has 27 heavy (non-hydrogen) atoms. The van der Waals surface area contributed by atoms with Gasteiger partial charge in [0.05, 0.1) is 21.2 Å². The van der Waals surface area contributed by atoms with Crippen LogP contribution in [0.5, 0.6) is 0 Å². The number of anilines is 1. The summed E-state index contributed by atoms with van der Waals surface area (Å²) >= 11 is 12.1. The Morgan fingerprint density at radius 2 is 1.89 bits per heavy atom. The number of benzene rings is 2. The highest BCUT2D eigenvalue weighted by Gasteiger charge is 2.22. The van der Waals surface area contributed by atoms with E-state index in [1.807, 2.05) is 25.1 Å². The number of aryl methyl sites for hydroxylation is 1. The number of amides is 2. The average molecular weight is 405 g/mol. The van der Waals surface area contributed by atoms with Gasteiger partial charge in [-0.25, -0.2) is 0 Å². The summed E-state index contributed by atoms with van der Waals surface area (Å²) in [5.74, 6) is -0.717. The van der Waals surface area contributed by atoms with Crippen LogP contribution in [0, 0.1) is 6.92 Å². The van der Waals surface area contributed by atoms with Crippen LogP contribution in [0.1, 0.15) is 23.0 Å². The molecule has 0 fully saturated rings. The van der Waals surface area contributed by atoms with Gasteiger partial charge in [0, 0.05) is 11.9 Å². The molecule has 0 atom stereocenters. The number of rotatable bonds is 5. The lowest BCUT2D eigenvalue weighted by Crippen LogP contribution is -2.38. The molecule has 0 aliphatic carbocycles. The third kappa shape index (κ3) is 4.07. The molecule has 0 aliphatic heterocycles. The number of carbonyl (C=O) groups excluding carboxylic acids is 2. The summed E-state index contributed by atoms with van der Waals surface area (Å²) in [5, 5.41) is 11.0. The molecule has 8 heteroatoms. The second-order valence-corrected chi connectivity index (χ2v) is 6.90. The van der Waals surface area contributed by atoms with Gasteiger partial charge in [0.2, 0.25) is 5.91 Å². The average Bonchev–Trinajstić information content (AvgIpc) is 3.05. The number of carbonyl (C=O) groups is 2. The van der Waals surface area contributed by atoms with Crippen molar-refractivity contribution in [2.24, 2.45) is 0 Å². The van der Waals surface area contributed by atoms with Gasteiger partial charge >= 0.3 is 0 Å². The first-order chi connectivity index (χ1) is 12.9. The Morgan fingerprint density at radius 3 is 2.56 bits per heavy atom. The molecular weight excluding hydrogens is 387 g/mol. The van der Waals surface area contributed by atoms with Crippen molar-refractivity contribution >= 4 is 51.6 Å². The summed E-state index contributed by atoms with van der Waals surface area (Å²) in [6.07, 6.45) is 0. The van der Waals surface area contributed by atoms with Gasteiger partial charge in [-0.15, -0.1) is 0 Å². The van der Waals surface area contributed by atoms with Crippen LogP contribution in [0.3, 0.4) is 0 Å². The number of fused-ring (bicyclic) bond motifs is 1. The molecule has 0 spiro atoms. The Kier molecular flexibility index (Phi) is 5.68. The normalized spacial score (nSPS) is 10.8. The van der Waals surface area contributed by atoms with Gasteiger partial charge < -0.3 is 10.2 Å². The number of likely N-dealkylation sites (N-methyl/N-ethyl adjacent to an activating group) is 1. The van der Waals surface area contributed by atoms with Crippen molar-refractivity contribution in [1.29, 1.82) is 0 Å². The number of aromatic amines is 1. The van der Waals surface area contributed by atoms with Gasteiger partial charge in [-0.05, 0) is 38.1 Å². The molecule has 2 aromatic carbocycles. The molecule has 0 bridgehead atoms. The first-order valence-corrected chi connectivity index (χ1v) is 9.14. The zero-order valence-corrected chi connectivity index (χ0v) is 16.4. The lowest BCUT2D eigenvalue weighted by molar-refractivity contribution is -0.116. The molecule has 1 aromatic heterocycles. The molecule has 0 saturated carbocycles. The lowest BCUT2D eigenvalue weighted by atomic mass is 10.1. The van der Waals surface area contributed by atoms with Gasteiger partial charge in [-0.2, -0.15) is 5.10 Å². The Morgan fingerprint density at radius 1 is 1.19 bits per heavy atom. The van der Waals surface area contributed by atoms with Crippen LogP contribution in [0.15, 0.2) is 36.4 Å². The SMILES string of the molecule is CCN(CC(=O)Nc1c(Cl)cccc1Cl)C(=O)c1n[nH]c2ccc(C)cc12. The molecule has 1 heterocycles. The molecule has 3 rings (SSSR count). The van der Waals surface area contributed by atoms with E-state index in [0.717, 1.165) is 16.5 Å². The number of para-hydroxylation sites is 1. The van der Waals surface area contributed by atoms with E-state index < -0.39 is 5.91 Å². The Labute approximate surface area is 166 Å². The van der Waals surface area contributed by atoms with Crippen molar-refractivity contribution in [3.8, 4) is 0 Å². The monoisotopic (exact) mass is 404 g/mol. The van der Waals surface area contributed by atoms with E-state index in [0.29, 0.717) is 28.0 Å². The predicted octanol–water partition coefficient (Wildman–Crippen LogP) is 4.28. The van der Waals surface area contributed by atoms with Crippen LogP contribution in [-0.2, 0) is 4.79 Å². The molecule has 2 N–H and O–H groups in total. The standard InChI is InChI=1S/C19H18Cl2N4O2/c1-3-25(10-16(26)22-18-13(20)5-4-6-14(18)21)19(27)17-12-9-11(2)7-8-15(12)23-24-17/h4-9H,3,10H2,1-2H3,(H,22,26)(H,23,24). The fraction of sp³-hybridized carbons (Fsp3) is 0.211. The Bertz CT molecular complexity index is 996. The number of nitrogens with zero attached hydrogens (tertiary/aromatic N) is 2. The summed E-state index contributed by atoms with van der Waals surface area (Å²) in [7, 11) is 0. The third-order valence-electron chi connectivity index (χ3n) is 4.15. The van der Waals surface area contributed by atoms with E-state index in [4.69, 9.17) is 23.2 Å². The van der Waals surface area contributed by atoms with E-state index in [1.54, 1.807) is 25.1 Å². The molecule has 140 valence electrons. The zero-order chi connectivity index (χ0) is 19.6. The van der Waals surface area contributed by atoms with Crippen LogP contribution in [-0.4, -0.2) is 40.0 Å². The van der Waals surface area contributed by atoms with E-state index >= 15 is 0 Å². The van der Waals surface area contributed by atoms with E-state index in [1.165, 1.54) is 4.90 Å². The van der Waals surface area contributed by atoms with Gasteiger partial charge in [0.15, 0.2) is 5.69 Å². The van der Waals surface area contributed by atoms with Crippen LogP contribution >= 0.6 is 23.2 Å². The molecule has 2 amide bonds. The summed E-state index contributed by atoms with van der Waals surface area (Å²) in [6, 6.07) is 10.6. The second kappa shape index (κ2) is 7.98. The fourth-order valence-corrected chi connectivity index (χ4v) is 3.23. The highest BCUT2D eigenvalue weighted by Crippen LogP contribution is 2.29. The molecule has 3 aromatic rings. The summed E-state index contributed by atoms with van der Waals surface area (Å²) in [5.41, 5.74) is 2.41. The molecule has 0 aliphatic rings. The maximum absolute atomic E-state index is 12.9. The number of aromatic nitrogens is 2. The molecule has 6 nitrogen and oxygen atoms in total. The number of H-pyrrole nitrogens is 1. The van der Waals surface area contributed by atoms with Crippen molar-refractivity contribution in [2.45, 2.75) is 13.8 Å². The number of nitrogens with one attached hydrogen (secondary N) is 2. The maximum atomic E-state index is 12.9. The van der Waals surface area contributed by atoms with E-state index in [-0.39, 0.29) is 12.5 Å². The van der Waals surface area contributed by atoms with Crippen LogP contribution < -0.4 is 5.32 Å². The van der Waals surface area contributed by atoms with Crippen molar-refractivity contribution in [3.63, 3.8) is 0 Å². The summed E-state index contributed by atoms with van der Waals surface area (Å²) < 4.78 is 0. The topological polar surface area (TPSA) is 78.1 Å². The van der Waals surface area contributed by atoms with Crippen LogP contribution in [0.4, 0.5) is 5.69 Å². The number of halogens is 2. The van der Waals surface area contributed by atoms with Crippen LogP contribution in [0.2, 0.25) is 10.0 Å². The minimum atomic E-state index is -0.392. The van der Waals surface area contributed by atoms with Crippen LogP contribution in [0.25, 0.3) is 10.9 Å². The molecule has 0 radical (unpaired) electrons. The highest BCUT2D eigenvalue weighted by molar-refractivity contribution is 6.39. The van der Waals surface area contributed by atoms with Crippen molar-refractivity contribution in [3.05, 3.63) is 57.7 Å². The Hall–Kier alpha value is -2.57. The minimum Gasteiger partial charge on any atom is -0.328 e. The van der Waals surface area contributed by atoms with Gasteiger partial charge in [-0.3, -0.25) is 14.7 Å². The molecule has 0 unspecified atom stereocenters. The third-order valence-corrected chi connectivity index (χ3v) is 4.78. The zero-order valence-electron chi connectivity index (χ0n) is 14.8. The summed E-state index contributed by atoms with van der Waals surface area (Å²) in [4.78, 5) is 26.7. The first kappa shape index (κ1) is 19.2. The predicted molar refractivity (Wildman–Crippen MR) is 107 cm³/mol. The molecule has 0 saturated heterocycles. The smallest absolute Gasteiger partial charge is 0.275 e. The summed E-state index contributed by atoms with van der Waals surface area (Å²) in [6.45, 7) is 3.95. The maximum Gasteiger partial charge on any atom is 0.275 e. The molecular formula is C19H18Cl2N4O2. The minimum absolute atomic E-state index is 0.142. The highest BCUT2D eigenvalue weighted by atomic mass is 35.5. The van der Waals surface area contributed by atoms with Gasteiger partial charge in [0.1, 0.15) is 6.54 Å². The van der Waals surface area contributed by atoms with Crippen molar-refractivity contribution in [1.82, 2.24) is 15.1 Å². The first-order valence-electron chi connectivity index (χ1n) is 8.38. The van der Waals surface area contributed by atoms with Gasteiger partial charge in [-0.1, -0.05) is 40.9 Å². The van der Waals surface area contributed by atoms with E-state index in [9.17, 15) is 9.59 Å². The van der Waals surface area contributed by atoms with Gasteiger partial charge in [0.25, 0.3) is 5.91 Å². The van der Waals surface area contributed by atoms with Crippen molar-refractivity contribution in [2.75, 3.05) is 18.4 Å².